The molecule has 0 bridgehead atoms. The minimum Gasteiger partial charge on any atom is -0.458 e. The van der Waals surface area contributed by atoms with Gasteiger partial charge in [0.25, 0.3) is 0 Å². The molecule has 0 aliphatic rings. The zero-order chi connectivity index (χ0) is 11.3. The zero-order valence-electron chi connectivity index (χ0n) is 8.65. The number of benzene rings is 1. The summed E-state index contributed by atoms with van der Waals surface area (Å²) in [5.41, 5.74) is 1.05. The molecule has 0 saturated heterocycles. The Balaban J connectivity index is 2.58. The minimum atomic E-state index is -0.999. The Kier molecular flexibility index (Phi) is 3.85. The molecule has 0 spiro atoms. The average Bonchev–Trinajstić information content (AvgIpc) is 2.22. The molecule has 0 heterocycles. The first-order chi connectivity index (χ1) is 7.13. The minimum absolute atomic E-state index is 0.155. The van der Waals surface area contributed by atoms with Gasteiger partial charge in [-0.3, -0.25) is 0 Å². The predicted octanol–water partition coefficient (Wildman–Crippen LogP) is 1.46. The van der Waals surface area contributed by atoms with Crippen molar-refractivity contribution in [2.45, 2.75) is 13.8 Å². The molecule has 0 aliphatic heterocycles. The summed E-state index contributed by atoms with van der Waals surface area (Å²) in [4.78, 5) is 22.0. The van der Waals surface area contributed by atoms with Crippen molar-refractivity contribution in [1.82, 2.24) is 0 Å². The summed E-state index contributed by atoms with van der Waals surface area (Å²) in [6, 6.07) is 6.81. The molecular weight excluding hydrogens is 196 g/mol. The quantitative estimate of drug-likeness (QED) is 0.419. The lowest BCUT2D eigenvalue weighted by molar-refractivity contribution is -0.161. The van der Waals surface area contributed by atoms with Crippen LogP contribution < -0.4 is 4.74 Å². The Labute approximate surface area is 87.8 Å². The van der Waals surface area contributed by atoms with Gasteiger partial charge in [-0.05, 0) is 26.0 Å². The molecule has 1 rings (SSSR count). The number of aryl methyl sites for hydroxylation is 1. The maximum absolute atomic E-state index is 11.1. The topological polar surface area (TPSA) is 52.6 Å². The van der Waals surface area contributed by atoms with Crippen LogP contribution in [0.25, 0.3) is 0 Å². The van der Waals surface area contributed by atoms with Gasteiger partial charge in [-0.15, -0.1) is 0 Å². The first kappa shape index (κ1) is 11.2. The second-order valence-electron chi connectivity index (χ2n) is 2.92. The number of hydrogen-bond acceptors (Lipinski definition) is 4. The predicted molar refractivity (Wildman–Crippen MR) is 53.4 cm³/mol. The Morgan fingerprint density at radius 2 is 1.73 bits per heavy atom. The third kappa shape index (κ3) is 3.42. The van der Waals surface area contributed by atoms with E-state index in [-0.39, 0.29) is 6.61 Å². The second kappa shape index (κ2) is 5.14. The number of carbonyl (C=O) groups excluding carboxylic acids is 2. The fourth-order valence-corrected chi connectivity index (χ4v) is 0.945. The van der Waals surface area contributed by atoms with Gasteiger partial charge in [0.05, 0.1) is 6.61 Å². The van der Waals surface area contributed by atoms with Crippen molar-refractivity contribution in [2.24, 2.45) is 0 Å². The van der Waals surface area contributed by atoms with Crippen LogP contribution in [0.2, 0.25) is 0 Å². The molecular formula is C11H12O4. The van der Waals surface area contributed by atoms with E-state index in [9.17, 15) is 9.59 Å². The van der Waals surface area contributed by atoms with Crippen LogP contribution in [0.4, 0.5) is 0 Å². The third-order valence-corrected chi connectivity index (χ3v) is 1.67. The summed E-state index contributed by atoms with van der Waals surface area (Å²) in [5.74, 6) is -1.64. The first-order valence-corrected chi connectivity index (χ1v) is 4.59. The summed E-state index contributed by atoms with van der Waals surface area (Å²) in [7, 11) is 0. The van der Waals surface area contributed by atoms with Gasteiger partial charge in [-0.1, -0.05) is 17.7 Å². The SMILES string of the molecule is CCOC(=O)C(=O)Oc1ccc(C)cc1. The van der Waals surface area contributed by atoms with E-state index in [1.165, 1.54) is 0 Å². The van der Waals surface area contributed by atoms with Crippen molar-refractivity contribution >= 4 is 11.9 Å². The van der Waals surface area contributed by atoms with Crippen molar-refractivity contribution in [3.8, 4) is 5.75 Å². The average molecular weight is 208 g/mol. The van der Waals surface area contributed by atoms with Gasteiger partial charge < -0.3 is 9.47 Å². The lowest BCUT2D eigenvalue weighted by atomic mass is 10.2. The molecule has 1 aromatic rings. The summed E-state index contributed by atoms with van der Waals surface area (Å²) >= 11 is 0. The summed E-state index contributed by atoms with van der Waals surface area (Å²) < 4.78 is 9.26. The maximum Gasteiger partial charge on any atom is 0.422 e. The number of ether oxygens (including phenoxy) is 2. The van der Waals surface area contributed by atoms with E-state index in [1.54, 1.807) is 31.2 Å². The standard InChI is InChI=1S/C11H12O4/c1-3-14-10(12)11(13)15-9-6-4-8(2)5-7-9/h4-7H,3H2,1-2H3. The molecule has 4 heteroatoms. The molecule has 0 saturated carbocycles. The fourth-order valence-electron chi connectivity index (χ4n) is 0.945. The summed E-state index contributed by atoms with van der Waals surface area (Å²) in [5, 5.41) is 0. The number of hydrogen-bond donors (Lipinski definition) is 0. The van der Waals surface area contributed by atoms with E-state index in [0.29, 0.717) is 5.75 Å². The Morgan fingerprint density at radius 3 is 2.27 bits per heavy atom. The molecule has 0 atom stereocenters. The zero-order valence-corrected chi connectivity index (χ0v) is 8.65. The molecule has 1 aromatic carbocycles. The highest BCUT2D eigenvalue weighted by Gasteiger charge is 2.17. The van der Waals surface area contributed by atoms with E-state index < -0.39 is 11.9 Å². The van der Waals surface area contributed by atoms with Crippen LogP contribution in [-0.2, 0) is 14.3 Å². The van der Waals surface area contributed by atoms with Crippen molar-refractivity contribution < 1.29 is 19.1 Å². The molecule has 0 unspecified atom stereocenters. The molecule has 15 heavy (non-hydrogen) atoms. The lowest BCUT2D eigenvalue weighted by Gasteiger charge is -2.03. The van der Waals surface area contributed by atoms with Gasteiger partial charge in [0.15, 0.2) is 0 Å². The Hall–Kier alpha value is -1.84. The molecule has 0 aromatic heterocycles. The maximum atomic E-state index is 11.1. The largest absolute Gasteiger partial charge is 0.458 e. The number of carbonyl (C=O) groups is 2. The monoisotopic (exact) mass is 208 g/mol. The van der Waals surface area contributed by atoms with Gasteiger partial charge >= 0.3 is 11.9 Å². The van der Waals surface area contributed by atoms with Crippen molar-refractivity contribution in [1.29, 1.82) is 0 Å². The fraction of sp³-hybridized carbons (Fsp3) is 0.273. The molecule has 0 radical (unpaired) electrons. The van der Waals surface area contributed by atoms with E-state index in [1.807, 2.05) is 6.92 Å². The third-order valence-electron chi connectivity index (χ3n) is 1.67. The van der Waals surface area contributed by atoms with Crippen LogP contribution in [-0.4, -0.2) is 18.5 Å². The molecule has 0 fully saturated rings. The Morgan fingerprint density at radius 1 is 1.13 bits per heavy atom. The van der Waals surface area contributed by atoms with Gasteiger partial charge in [0.2, 0.25) is 0 Å². The van der Waals surface area contributed by atoms with Crippen LogP contribution >= 0.6 is 0 Å². The summed E-state index contributed by atoms with van der Waals surface area (Å²) in [6.07, 6.45) is 0. The van der Waals surface area contributed by atoms with Crippen LogP contribution in [0.1, 0.15) is 12.5 Å². The van der Waals surface area contributed by atoms with E-state index >= 15 is 0 Å². The van der Waals surface area contributed by atoms with Crippen LogP contribution in [0.15, 0.2) is 24.3 Å². The molecule has 0 amide bonds. The Bertz CT molecular complexity index is 353. The highest BCUT2D eigenvalue weighted by atomic mass is 16.6. The highest BCUT2D eigenvalue weighted by molar-refractivity contribution is 6.30. The molecule has 4 nitrogen and oxygen atoms in total. The summed E-state index contributed by atoms with van der Waals surface area (Å²) in [6.45, 7) is 3.69. The van der Waals surface area contributed by atoms with Crippen LogP contribution in [0, 0.1) is 6.92 Å². The van der Waals surface area contributed by atoms with E-state index in [0.717, 1.165) is 5.56 Å². The van der Waals surface area contributed by atoms with E-state index in [2.05, 4.69) is 4.74 Å². The van der Waals surface area contributed by atoms with Gasteiger partial charge in [0, 0.05) is 0 Å². The van der Waals surface area contributed by atoms with Crippen molar-refractivity contribution in [3.05, 3.63) is 29.8 Å². The molecule has 80 valence electrons. The van der Waals surface area contributed by atoms with Gasteiger partial charge in [-0.25, -0.2) is 9.59 Å². The van der Waals surface area contributed by atoms with E-state index in [4.69, 9.17) is 4.74 Å². The number of esters is 2. The van der Waals surface area contributed by atoms with Crippen molar-refractivity contribution in [3.63, 3.8) is 0 Å². The van der Waals surface area contributed by atoms with Crippen LogP contribution in [0.3, 0.4) is 0 Å². The number of rotatable bonds is 2. The van der Waals surface area contributed by atoms with Crippen molar-refractivity contribution in [2.75, 3.05) is 6.61 Å². The first-order valence-electron chi connectivity index (χ1n) is 4.59. The van der Waals surface area contributed by atoms with Gasteiger partial charge in [0.1, 0.15) is 5.75 Å². The lowest BCUT2D eigenvalue weighted by Crippen LogP contribution is -2.22. The van der Waals surface area contributed by atoms with Gasteiger partial charge in [-0.2, -0.15) is 0 Å². The highest BCUT2D eigenvalue weighted by Crippen LogP contribution is 2.11. The molecule has 0 aliphatic carbocycles. The second-order valence-corrected chi connectivity index (χ2v) is 2.92. The molecule has 0 N–H and O–H groups in total. The van der Waals surface area contributed by atoms with Crippen LogP contribution in [0.5, 0.6) is 5.75 Å². The smallest absolute Gasteiger partial charge is 0.422 e. The normalized spacial score (nSPS) is 9.47.